The largest absolute Gasteiger partial charge is 0.384 e. The molecule has 0 spiro atoms. The number of aromatic nitrogens is 1. The molecule has 2 aliphatic rings. The van der Waals surface area contributed by atoms with Crippen molar-refractivity contribution in [2.75, 3.05) is 5.73 Å². The third kappa shape index (κ3) is 6.21. The molecule has 0 radical (unpaired) electrons. The molecule has 1 aromatic heterocycles. The van der Waals surface area contributed by atoms with Crippen LogP contribution in [0.2, 0.25) is 0 Å². The van der Waals surface area contributed by atoms with E-state index in [-0.39, 0.29) is 17.7 Å². The quantitative estimate of drug-likeness (QED) is 0.492. The Kier molecular flexibility index (Phi) is 8.51. The minimum absolute atomic E-state index is 0.0135. The van der Waals surface area contributed by atoms with Crippen molar-refractivity contribution in [2.45, 2.75) is 90.8 Å². The van der Waals surface area contributed by atoms with Crippen LogP contribution in [0.4, 0.5) is 5.82 Å². The molecular formula is C25H41N5O2. The maximum absolute atomic E-state index is 13.2. The maximum atomic E-state index is 13.2. The summed E-state index contributed by atoms with van der Waals surface area (Å²) >= 11 is 0. The zero-order valence-electron chi connectivity index (χ0n) is 19.9. The summed E-state index contributed by atoms with van der Waals surface area (Å²) in [7, 11) is 0. The molecule has 32 heavy (non-hydrogen) atoms. The van der Waals surface area contributed by atoms with Crippen molar-refractivity contribution in [3.8, 4) is 0 Å². The minimum atomic E-state index is -0.623. The van der Waals surface area contributed by atoms with Crippen LogP contribution >= 0.6 is 0 Å². The number of amides is 2. The first kappa shape index (κ1) is 24.5. The second-order valence-corrected chi connectivity index (χ2v) is 10.2. The Hall–Kier alpha value is -2.15. The molecule has 2 fully saturated rings. The monoisotopic (exact) mass is 443 g/mol. The second-order valence-electron chi connectivity index (χ2n) is 10.2. The lowest BCUT2D eigenvalue weighted by Crippen LogP contribution is -2.54. The van der Waals surface area contributed by atoms with Gasteiger partial charge in [-0.1, -0.05) is 58.4 Å². The molecule has 2 saturated carbocycles. The number of nitrogen functional groups attached to an aromatic ring is 1. The zero-order valence-corrected chi connectivity index (χ0v) is 19.9. The first-order chi connectivity index (χ1) is 15.3. The molecule has 0 aromatic carbocycles. The van der Waals surface area contributed by atoms with Crippen molar-refractivity contribution in [1.82, 2.24) is 15.6 Å². The number of nitrogens with one attached hydrogen (secondary N) is 2. The molecule has 1 heterocycles. The van der Waals surface area contributed by atoms with E-state index in [0.29, 0.717) is 30.6 Å². The topological polar surface area (TPSA) is 123 Å². The molecule has 3 unspecified atom stereocenters. The molecule has 7 nitrogen and oxygen atoms in total. The average molecular weight is 444 g/mol. The van der Waals surface area contributed by atoms with Crippen molar-refractivity contribution in [2.24, 2.45) is 29.4 Å². The van der Waals surface area contributed by atoms with Gasteiger partial charge in [0.25, 0.3) is 0 Å². The Bertz CT molecular complexity index is 795. The molecule has 0 bridgehead atoms. The molecule has 1 aromatic rings. The van der Waals surface area contributed by atoms with Gasteiger partial charge in [-0.15, -0.1) is 0 Å². The van der Waals surface area contributed by atoms with E-state index in [1.165, 1.54) is 38.5 Å². The smallest absolute Gasteiger partial charge is 0.242 e. The number of hydrogen-bond acceptors (Lipinski definition) is 5. The van der Waals surface area contributed by atoms with Crippen molar-refractivity contribution in [1.29, 1.82) is 0 Å². The van der Waals surface area contributed by atoms with Crippen LogP contribution in [0.15, 0.2) is 12.1 Å². The van der Waals surface area contributed by atoms with Crippen LogP contribution in [0.3, 0.4) is 0 Å². The third-order valence-corrected chi connectivity index (χ3v) is 7.59. The Balaban J connectivity index is 1.70. The fraction of sp³-hybridized carbons (Fsp3) is 0.720. The lowest BCUT2D eigenvalue weighted by atomic mass is 9.64. The normalized spacial score (nSPS) is 25.0. The summed E-state index contributed by atoms with van der Waals surface area (Å²) in [5.74, 6) is 2.00. The fourth-order valence-corrected chi connectivity index (χ4v) is 5.57. The van der Waals surface area contributed by atoms with Gasteiger partial charge in [0, 0.05) is 12.2 Å². The van der Waals surface area contributed by atoms with E-state index < -0.39 is 12.1 Å². The van der Waals surface area contributed by atoms with Crippen LogP contribution in [0.5, 0.6) is 0 Å². The Morgan fingerprint density at radius 1 is 1.09 bits per heavy atom. The number of pyridine rings is 1. The van der Waals surface area contributed by atoms with Gasteiger partial charge in [0.1, 0.15) is 11.9 Å². The first-order valence-corrected chi connectivity index (χ1v) is 12.3. The predicted octanol–water partition coefficient (Wildman–Crippen LogP) is 3.05. The SMILES string of the molecule is Cc1nc(N)ccc1CNC(=O)[C@@H](CC1CCCC2CCCC[C@@H]21)NC(=O)C(N)C(C)C. The van der Waals surface area contributed by atoms with Crippen LogP contribution in [0, 0.1) is 30.6 Å². The highest BCUT2D eigenvalue weighted by Crippen LogP contribution is 2.45. The lowest BCUT2D eigenvalue weighted by Gasteiger charge is -2.42. The summed E-state index contributed by atoms with van der Waals surface area (Å²) in [6.07, 6.45) is 9.52. The summed E-state index contributed by atoms with van der Waals surface area (Å²) in [6.45, 7) is 6.08. The first-order valence-electron chi connectivity index (χ1n) is 12.3. The van der Waals surface area contributed by atoms with Crippen LogP contribution in [0.1, 0.15) is 76.5 Å². The van der Waals surface area contributed by atoms with E-state index in [4.69, 9.17) is 11.5 Å². The number of anilines is 1. The molecule has 2 aliphatic carbocycles. The number of hydrogen-bond donors (Lipinski definition) is 4. The van der Waals surface area contributed by atoms with Crippen molar-refractivity contribution < 1.29 is 9.59 Å². The lowest BCUT2D eigenvalue weighted by molar-refractivity contribution is -0.131. The Morgan fingerprint density at radius 3 is 2.53 bits per heavy atom. The number of aryl methyl sites for hydroxylation is 1. The number of nitrogens with two attached hydrogens (primary N) is 2. The van der Waals surface area contributed by atoms with E-state index >= 15 is 0 Å². The molecule has 0 saturated heterocycles. The van der Waals surface area contributed by atoms with Gasteiger partial charge in [-0.25, -0.2) is 4.98 Å². The minimum Gasteiger partial charge on any atom is -0.384 e. The molecule has 7 heteroatoms. The van der Waals surface area contributed by atoms with Crippen molar-refractivity contribution >= 4 is 17.6 Å². The molecule has 178 valence electrons. The third-order valence-electron chi connectivity index (χ3n) is 7.59. The number of carbonyl (C=O) groups is 2. The summed E-state index contributed by atoms with van der Waals surface area (Å²) < 4.78 is 0. The predicted molar refractivity (Wildman–Crippen MR) is 127 cm³/mol. The van der Waals surface area contributed by atoms with Gasteiger partial charge < -0.3 is 22.1 Å². The van der Waals surface area contributed by atoms with Crippen LogP contribution in [-0.2, 0) is 16.1 Å². The van der Waals surface area contributed by atoms with Gasteiger partial charge >= 0.3 is 0 Å². The zero-order chi connectivity index (χ0) is 23.3. The van der Waals surface area contributed by atoms with Gasteiger partial charge in [0.05, 0.1) is 6.04 Å². The number of nitrogens with zero attached hydrogens (tertiary/aromatic N) is 1. The molecule has 5 atom stereocenters. The standard InChI is InChI=1S/C25H41N5O2/c1-15(2)23(27)25(32)30-21(13-18-9-6-8-17-7-4-5-10-20(17)18)24(31)28-14-19-11-12-22(26)29-16(19)3/h11-12,15,17-18,20-21,23H,4-10,13-14,27H2,1-3H3,(H2,26,29)(H,28,31)(H,30,32)/t17?,18?,20-,21+,23?/m0/s1. The van der Waals surface area contributed by atoms with Gasteiger partial charge in [-0.3, -0.25) is 9.59 Å². The van der Waals surface area contributed by atoms with E-state index in [0.717, 1.165) is 23.6 Å². The van der Waals surface area contributed by atoms with Gasteiger partial charge in [0.15, 0.2) is 0 Å². The summed E-state index contributed by atoms with van der Waals surface area (Å²) in [5, 5.41) is 6.01. The summed E-state index contributed by atoms with van der Waals surface area (Å²) in [4.78, 5) is 30.3. The van der Waals surface area contributed by atoms with E-state index in [9.17, 15) is 9.59 Å². The highest BCUT2D eigenvalue weighted by atomic mass is 16.2. The second kappa shape index (κ2) is 11.1. The van der Waals surface area contributed by atoms with Crippen molar-refractivity contribution in [3.63, 3.8) is 0 Å². The van der Waals surface area contributed by atoms with Crippen molar-refractivity contribution in [3.05, 3.63) is 23.4 Å². The van der Waals surface area contributed by atoms with Crippen LogP contribution in [-0.4, -0.2) is 28.9 Å². The molecular weight excluding hydrogens is 402 g/mol. The summed E-state index contributed by atoms with van der Waals surface area (Å²) in [5.41, 5.74) is 13.5. The van der Waals surface area contributed by atoms with Gasteiger partial charge in [-0.2, -0.15) is 0 Å². The van der Waals surface area contributed by atoms with Crippen LogP contribution < -0.4 is 22.1 Å². The number of fused-ring (bicyclic) bond motifs is 1. The van der Waals surface area contributed by atoms with E-state index in [2.05, 4.69) is 15.6 Å². The maximum Gasteiger partial charge on any atom is 0.242 e. The van der Waals surface area contributed by atoms with Crippen LogP contribution in [0.25, 0.3) is 0 Å². The number of rotatable bonds is 8. The van der Waals surface area contributed by atoms with Gasteiger partial charge in [0.2, 0.25) is 11.8 Å². The Labute approximate surface area is 192 Å². The molecule has 2 amide bonds. The average Bonchev–Trinajstić information content (AvgIpc) is 2.77. The molecule has 6 N–H and O–H groups in total. The molecule has 3 rings (SSSR count). The fourth-order valence-electron chi connectivity index (χ4n) is 5.57. The summed E-state index contributed by atoms with van der Waals surface area (Å²) in [6, 6.07) is 2.43. The van der Waals surface area contributed by atoms with Gasteiger partial charge in [-0.05, 0) is 55.1 Å². The van der Waals surface area contributed by atoms with E-state index in [1.807, 2.05) is 26.8 Å². The number of carbonyl (C=O) groups excluding carboxylic acids is 2. The highest BCUT2D eigenvalue weighted by molar-refractivity contribution is 5.89. The highest BCUT2D eigenvalue weighted by Gasteiger charge is 2.37. The van der Waals surface area contributed by atoms with E-state index in [1.54, 1.807) is 6.07 Å². The molecule has 0 aliphatic heterocycles. The Morgan fingerprint density at radius 2 is 1.81 bits per heavy atom.